The highest BCUT2D eigenvalue weighted by atomic mass is 16.4. The third-order valence-electron chi connectivity index (χ3n) is 6.98. The van der Waals surface area contributed by atoms with Gasteiger partial charge in [0.2, 0.25) is 0 Å². The number of carboxylic acids is 1. The Bertz CT molecular complexity index is 343. The molecule has 0 radical (unpaired) electrons. The number of hydrogen-bond acceptors (Lipinski definition) is 1. The molecule has 5 aliphatic carbocycles. The smallest absolute Gasteiger partial charge is 0.306 e. The molecule has 1 unspecified atom stereocenters. The molecule has 0 aliphatic heterocycles. The maximum atomic E-state index is 11.6. The second-order valence-electron chi connectivity index (χ2n) is 7.97. The van der Waals surface area contributed by atoms with Crippen LogP contribution in [0.15, 0.2) is 0 Å². The Hall–Kier alpha value is -0.530. The first-order valence-electron chi connectivity index (χ1n) is 8.43. The number of carboxylic acid groups (broad SMARTS) is 1. The molecule has 0 heterocycles. The molecule has 2 heteroatoms. The molecule has 5 aliphatic rings. The minimum absolute atomic E-state index is 0.0173. The number of rotatable bonds is 4. The molecule has 5 fully saturated rings. The van der Waals surface area contributed by atoms with Gasteiger partial charge in [-0.3, -0.25) is 4.79 Å². The van der Waals surface area contributed by atoms with E-state index in [2.05, 4.69) is 0 Å². The zero-order valence-corrected chi connectivity index (χ0v) is 11.8. The molecule has 0 saturated heterocycles. The van der Waals surface area contributed by atoms with E-state index in [9.17, 15) is 9.90 Å². The first kappa shape index (κ1) is 12.2. The largest absolute Gasteiger partial charge is 0.481 e. The normalized spacial score (nSPS) is 46.0. The Morgan fingerprint density at radius 2 is 1.58 bits per heavy atom. The SMILES string of the molecule is O=C(O)C(CC1C2CC3CC(C2)CC1C3)C1CCC1. The molecule has 2 nitrogen and oxygen atoms in total. The molecule has 0 aromatic rings. The molecule has 1 atom stereocenters. The van der Waals surface area contributed by atoms with E-state index in [-0.39, 0.29) is 5.92 Å². The van der Waals surface area contributed by atoms with Crippen molar-refractivity contribution < 1.29 is 9.90 Å². The maximum Gasteiger partial charge on any atom is 0.306 e. The van der Waals surface area contributed by atoms with E-state index in [1.54, 1.807) is 0 Å². The molecule has 0 spiro atoms. The van der Waals surface area contributed by atoms with E-state index < -0.39 is 5.97 Å². The monoisotopic (exact) mass is 262 g/mol. The molecular weight excluding hydrogens is 236 g/mol. The van der Waals surface area contributed by atoms with Crippen LogP contribution in [0.4, 0.5) is 0 Å². The van der Waals surface area contributed by atoms with Gasteiger partial charge in [-0.05, 0) is 86.9 Å². The van der Waals surface area contributed by atoms with Crippen molar-refractivity contribution in [2.24, 2.45) is 41.4 Å². The third kappa shape index (κ3) is 2.02. The van der Waals surface area contributed by atoms with Crippen molar-refractivity contribution in [3.8, 4) is 0 Å². The fourth-order valence-corrected chi connectivity index (χ4v) is 6.05. The van der Waals surface area contributed by atoms with Crippen LogP contribution in [-0.4, -0.2) is 11.1 Å². The van der Waals surface area contributed by atoms with Gasteiger partial charge in [0.1, 0.15) is 0 Å². The van der Waals surface area contributed by atoms with Gasteiger partial charge in [-0.15, -0.1) is 0 Å². The van der Waals surface area contributed by atoms with E-state index in [1.807, 2.05) is 0 Å². The van der Waals surface area contributed by atoms with E-state index in [4.69, 9.17) is 0 Å². The summed E-state index contributed by atoms with van der Waals surface area (Å²) in [6.07, 6.45) is 11.8. The summed E-state index contributed by atoms with van der Waals surface area (Å²) >= 11 is 0. The summed E-state index contributed by atoms with van der Waals surface area (Å²) in [5, 5.41) is 9.56. The fraction of sp³-hybridized carbons (Fsp3) is 0.941. The summed E-state index contributed by atoms with van der Waals surface area (Å²) in [5.41, 5.74) is 0. The van der Waals surface area contributed by atoms with Crippen molar-refractivity contribution in [2.45, 2.75) is 57.8 Å². The standard InChI is InChI=1S/C17H26O2/c18-17(19)16(12-2-1-3-12)9-15-13-5-10-4-11(7-13)8-14(15)6-10/h10-16H,1-9H2,(H,18,19). The Balaban J connectivity index is 1.48. The minimum atomic E-state index is -0.501. The number of carbonyl (C=O) groups is 1. The van der Waals surface area contributed by atoms with Crippen LogP contribution >= 0.6 is 0 Å². The summed E-state index contributed by atoms with van der Waals surface area (Å²) in [4.78, 5) is 11.6. The lowest BCUT2D eigenvalue weighted by molar-refractivity contribution is -0.147. The van der Waals surface area contributed by atoms with Crippen LogP contribution < -0.4 is 0 Å². The highest BCUT2D eigenvalue weighted by Gasteiger charge is 2.49. The van der Waals surface area contributed by atoms with Crippen molar-refractivity contribution >= 4 is 5.97 Å². The topological polar surface area (TPSA) is 37.3 Å². The predicted molar refractivity (Wildman–Crippen MR) is 73.6 cm³/mol. The highest BCUT2D eigenvalue weighted by molar-refractivity contribution is 5.70. The van der Waals surface area contributed by atoms with Gasteiger partial charge >= 0.3 is 5.97 Å². The summed E-state index contributed by atoms with van der Waals surface area (Å²) < 4.78 is 0. The van der Waals surface area contributed by atoms with Crippen LogP contribution in [0.5, 0.6) is 0 Å². The zero-order valence-electron chi connectivity index (χ0n) is 11.8. The lowest BCUT2D eigenvalue weighted by atomic mass is 9.50. The molecule has 0 aromatic carbocycles. The van der Waals surface area contributed by atoms with Gasteiger partial charge in [0, 0.05) is 0 Å². The van der Waals surface area contributed by atoms with Crippen LogP contribution in [0, 0.1) is 41.4 Å². The fourth-order valence-electron chi connectivity index (χ4n) is 6.05. The molecule has 5 rings (SSSR count). The number of aliphatic carboxylic acids is 1. The van der Waals surface area contributed by atoms with Crippen LogP contribution in [0.1, 0.15) is 57.8 Å². The second kappa shape index (κ2) is 4.49. The molecule has 0 aromatic heterocycles. The van der Waals surface area contributed by atoms with Crippen LogP contribution in [0.3, 0.4) is 0 Å². The van der Waals surface area contributed by atoms with E-state index in [0.717, 1.165) is 36.0 Å². The molecule has 1 N–H and O–H groups in total. The summed E-state index contributed by atoms with van der Waals surface area (Å²) in [6, 6.07) is 0. The minimum Gasteiger partial charge on any atom is -0.481 e. The zero-order chi connectivity index (χ0) is 13.0. The van der Waals surface area contributed by atoms with E-state index in [0.29, 0.717) is 5.92 Å². The average Bonchev–Trinajstić information content (AvgIpc) is 2.28. The predicted octanol–water partition coefficient (Wildman–Crippen LogP) is 3.95. The Kier molecular flexibility index (Phi) is 2.89. The van der Waals surface area contributed by atoms with Gasteiger partial charge in [-0.2, -0.15) is 0 Å². The van der Waals surface area contributed by atoms with Crippen molar-refractivity contribution in [3.63, 3.8) is 0 Å². The summed E-state index contributed by atoms with van der Waals surface area (Å²) in [6.45, 7) is 0. The second-order valence-corrected chi connectivity index (χ2v) is 7.97. The Labute approximate surface area is 116 Å². The summed E-state index contributed by atoms with van der Waals surface area (Å²) in [5.74, 6) is 4.53. The molecule has 5 saturated carbocycles. The Morgan fingerprint density at radius 3 is 2.00 bits per heavy atom. The van der Waals surface area contributed by atoms with Gasteiger partial charge in [0.25, 0.3) is 0 Å². The van der Waals surface area contributed by atoms with E-state index >= 15 is 0 Å². The van der Waals surface area contributed by atoms with Crippen LogP contribution in [0.2, 0.25) is 0 Å². The van der Waals surface area contributed by atoms with Crippen molar-refractivity contribution in [1.82, 2.24) is 0 Å². The van der Waals surface area contributed by atoms with Crippen LogP contribution in [0.25, 0.3) is 0 Å². The molecular formula is C17H26O2. The van der Waals surface area contributed by atoms with E-state index in [1.165, 1.54) is 51.4 Å². The molecule has 106 valence electrons. The van der Waals surface area contributed by atoms with Gasteiger partial charge < -0.3 is 5.11 Å². The maximum absolute atomic E-state index is 11.6. The first-order chi connectivity index (χ1) is 9.20. The average molecular weight is 262 g/mol. The van der Waals surface area contributed by atoms with Gasteiger partial charge in [0.15, 0.2) is 0 Å². The van der Waals surface area contributed by atoms with Crippen molar-refractivity contribution in [1.29, 1.82) is 0 Å². The first-order valence-corrected chi connectivity index (χ1v) is 8.43. The van der Waals surface area contributed by atoms with Gasteiger partial charge in [-0.25, -0.2) is 0 Å². The number of hydrogen-bond donors (Lipinski definition) is 1. The lowest BCUT2D eigenvalue weighted by Crippen LogP contribution is -2.46. The quantitative estimate of drug-likeness (QED) is 0.833. The molecule has 19 heavy (non-hydrogen) atoms. The lowest BCUT2D eigenvalue weighted by Gasteiger charge is -2.55. The van der Waals surface area contributed by atoms with Crippen LogP contribution in [-0.2, 0) is 4.79 Å². The van der Waals surface area contributed by atoms with Gasteiger partial charge in [-0.1, -0.05) is 6.42 Å². The highest BCUT2D eigenvalue weighted by Crippen LogP contribution is 2.58. The summed E-state index contributed by atoms with van der Waals surface area (Å²) in [7, 11) is 0. The molecule has 4 bridgehead atoms. The van der Waals surface area contributed by atoms with Crippen molar-refractivity contribution in [2.75, 3.05) is 0 Å². The van der Waals surface area contributed by atoms with Crippen molar-refractivity contribution in [3.05, 3.63) is 0 Å². The molecule has 0 amide bonds. The Morgan fingerprint density at radius 1 is 1.00 bits per heavy atom. The third-order valence-corrected chi connectivity index (χ3v) is 6.98. The van der Waals surface area contributed by atoms with Gasteiger partial charge in [0.05, 0.1) is 5.92 Å².